The quantitative estimate of drug-likeness (QED) is 0.189. The Bertz CT molecular complexity index is 1560. The number of benzene rings is 2. The van der Waals surface area contributed by atoms with Crippen molar-refractivity contribution in [1.29, 1.82) is 0 Å². The summed E-state index contributed by atoms with van der Waals surface area (Å²) >= 11 is 0. The molecule has 4 aromatic rings. The zero-order chi connectivity index (χ0) is 29.9. The van der Waals surface area contributed by atoms with E-state index in [0.29, 0.717) is 28.4 Å². The number of carboxylic acid groups (broad SMARTS) is 1. The molecule has 2 aromatic carbocycles. The zero-order valence-corrected chi connectivity index (χ0v) is 23.3. The van der Waals surface area contributed by atoms with E-state index < -0.39 is 17.7 Å². The zero-order valence-electron chi connectivity index (χ0n) is 23.3. The summed E-state index contributed by atoms with van der Waals surface area (Å²) in [6.07, 6.45) is -0.0608. The summed E-state index contributed by atoms with van der Waals surface area (Å²) in [4.78, 5) is 27.6. The smallest absolute Gasteiger partial charge is 0.416 e. The highest BCUT2D eigenvalue weighted by Crippen LogP contribution is 2.41. The Hall–Kier alpha value is -4.21. The standard InChI is InChI=1S/C31H32F3N3O4/c1-18(2)14-27(20-8-12-25(35-16-20)28(38)6-5-7-29(39)40)37-26-13-11-23(30(41-4)24(26)17-36-37)22-10-9-21(15-19(22)3)31(32,33)34/h8-13,15-18,27H,5-7,14H2,1-4H3,(H,39,40). The third-order valence-corrected chi connectivity index (χ3v) is 7.02. The Morgan fingerprint density at radius 3 is 2.34 bits per heavy atom. The number of ether oxygens (including phenoxy) is 1. The molecule has 0 bridgehead atoms. The lowest BCUT2D eigenvalue weighted by Gasteiger charge is -2.22. The maximum Gasteiger partial charge on any atom is 0.416 e. The molecule has 0 saturated carbocycles. The van der Waals surface area contributed by atoms with Gasteiger partial charge in [0.15, 0.2) is 5.78 Å². The molecule has 2 heterocycles. The van der Waals surface area contributed by atoms with Gasteiger partial charge in [-0.1, -0.05) is 26.0 Å². The molecule has 10 heteroatoms. The summed E-state index contributed by atoms with van der Waals surface area (Å²) in [7, 11) is 1.52. The fourth-order valence-corrected chi connectivity index (χ4v) is 5.04. The first-order valence-corrected chi connectivity index (χ1v) is 13.3. The molecular weight excluding hydrogens is 535 g/mol. The third-order valence-electron chi connectivity index (χ3n) is 7.02. The number of methoxy groups -OCH3 is 1. The molecule has 0 radical (unpaired) electrons. The van der Waals surface area contributed by atoms with Crippen LogP contribution in [-0.2, 0) is 11.0 Å². The fraction of sp³-hybridized carbons (Fsp3) is 0.355. The summed E-state index contributed by atoms with van der Waals surface area (Å²) in [6, 6.07) is 10.7. The number of alkyl halides is 3. The van der Waals surface area contributed by atoms with Crippen LogP contribution in [0.1, 0.15) is 72.8 Å². The molecule has 0 aliphatic carbocycles. The van der Waals surface area contributed by atoms with Gasteiger partial charge in [-0.2, -0.15) is 18.3 Å². The summed E-state index contributed by atoms with van der Waals surface area (Å²) in [5.74, 6) is -0.339. The molecule has 1 atom stereocenters. The molecule has 7 nitrogen and oxygen atoms in total. The molecule has 4 rings (SSSR count). The number of aryl methyl sites for hydroxylation is 1. The van der Waals surface area contributed by atoms with Crippen LogP contribution in [0.4, 0.5) is 13.2 Å². The van der Waals surface area contributed by atoms with Crippen LogP contribution in [0, 0.1) is 12.8 Å². The number of aromatic nitrogens is 3. The van der Waals surface area contributed by atoms with Crippen LogP contribution in [0.3, 0.4) is 0 Å². The van der Waals surface area contributed by atoms with E-state index >= 15 is 0 Å². The molecule has 0 aliphatic heterocycles. The van der Waals surface area contributed by atoms with Gasteiger partial charge in [0.25, 0.3) is 0 Å². The van der Waals surface area contributed by atoms with Gasteiger partial charge in [-0.15, -0.1) is 0 Å². The Balaban J connectivity index is 1.70. The Labute approximate surface area is 236 Å². The number of ketones is 1. The van der Waals surface area contributed by atoms with Gasteiger partial charge in [-0.05, 0) is 72.7 Å². The second kappa shape index (κ2) is 12.1. The number of rotatable bonds is 11. The number of carbonyl (C=O) groups excluding carboxylic acids is 1. The summed E-state index contributed by atoms with van der Waals surface area (Å²) in [6.45, 7) is 5.83. The molecule has 216 valence electrons. The maximum atomic E-state index is 13.2. The van der Waals surface area contributed by atoms with Crippen molar-refractivity contribution in [3.8, 4) is 16.9 Å². The highest BCUT2D eigenvalue weighted by Gasteiger charge is 2.31. The van der Waals surface area contributed by atoms with E-state index in [4.69, 9.17) is 9.84 Å². The van der Waals surface area contributed by atoms with Gasteiger partial charge in [-0.3, -0.25) is 19.3 Å². The molecular formula is C31H32F3N3O4. The average Bonchev–Trinajstić information content (AvgIpc) is 3.34. The lowest BCUT2D eigenvalue weighted by atomic mass is 9.95. The van der Waals surface area contributed by atoms with Crippen molar-refractivity contribution in [3.63, 3.8) is 0 Å². The van der Waals surface area contributed by atoms with E-state index in [-0.39, 0.29) is 36.8 Å². The molecule has 0 spiro atoms. The van der Waals surface area contributed by atoms with Gasteiger partial charge < -0.3 is 9.84 Å². The number of aliphatic carboxylic acids is 1. The number of nitrogens with zero attached hydrogens (tertiary/aromatic N) is 3. The number of halogens is 3. The number of hydrogen-bond donors (Lipinski definition) is 1. The predicted octanol–water partition coefficient (Wildman–Crippen LogP) is 7.51. The number of Topliss-reactive ketones (excluding diaryl/α,β-unsaturated/α-hetero) is 1. The maximum absolute atomic E-state index is 13.2. The van der Waals surface area contributed by atoms with Crippen molar-refractivity contribution >= 4 is 22.7 Å². The molecule has 0 amide bonds. The lowest BCUT2D eigenvalue weighted by Crippen LogP contribution is -2.15. The second-order valence-electron chi connectivity index (χ2n) is 10.5. The Morgan fingerprint density at radius 2 is 1.76 bits per heavy atom. The van der Waals surface area contributed by atoms with Crippen molar-refractivity contribution in [2.45, 2.75) is 58.7 Å². The van der Waals surface area contributed by atoms with Gasteiger partial charge in [-0.25, -0.2) is 0 Å². The molecule has 0 saturated heterocycles. The summed E-state index contributed by atoms with van der Waals surface area (Å²) < 4.78 is 47.3. The molecule has 0 fully saturated rings. The van der Waals surface area contributed by atoms with Crippen LogP contribution in [-0.4, -0.2) is 38.7 Å². The highest BCUT2D eigenvalue weighted by molar-refractivity contribution is 5.95. The minimum atomic E-state index is -4.43. The van der Waals surface area contributed by atoms with Crippen LogP contribution in [0.25, 0.3) is 22.0 Å². The van der Waals surface area contributed by atoms with Gasteiger partial charge in [0, 0.05) is 24.6 Å². The third kappa shape index (κ3) is 6.58. The van der Waals surface area contributed by atoms with Gasteiger partial charge in [0.05, 0.1) is 35.8 Å². The van der Waals surface area contributed by atoms with Crippen LogP contribution in [0.2, 0.25) is 0 Å². The largest absolute Gasteiger partial charge is 0.495 e. The number of pyridine rings is 1. The highest BCUT2D eigenvalue weighted by atomic mass is 19.4. The van der Waals surface area contributed by atoms with Crippen LogP contribution in [0.15, 0.2) is 54.9 Å². The summed E-state index contributed by atoms with van der Waals surface area (Å²) in [5.41, 5.74) is 3.00. The monoisotopic (exact) mass is 567 g/mol. The topological polar surface area (TPSA) is 94.3 Å². The van der Waals surface area contributed by atoms with Crippen LogP contribution < -0.4 is 4.74 Å². The van der Waals surface area contributed by atoms with Gasteiger partial charge >= 0.3 is 12.1 Å². The van der Waals surface area contributed by atoms with E-state index in [9.17, 15) is 22.8 Å². The van der Waals surface area contributed by atoms with Gasteiger partial charge in [0.1, 0.15) is 11.4 Å². The summed E-state index contributed by atoms with van der Waals surface area (Å²) in [5, 5.41) is 14.2. The first-order chi connectivity index (χ1) is 19.4. The average molecular weight is 568 g/mol. The molecule has 0 aliphatic rings. The number of carboxylic acids is 1. The van der Waals surface area contributed by atoms with E-state index in [2.05, 4.69) is 23.9 Å². The van der Waals surface area contributed by atoms with E-state index in [1.54, 1.807) is 25.4 Å². The minimum absolute atomic E-state index is 0.0731. The fourth-order valence-electron chi connectivity index (χ4n) is 5.04. The van der Waals surface area contributed by atoms with Crippen LogP contribution >= 0.6 is 0 Å². The molecule has 1 unspecified atom stereocenters. The van der Waals surface area contributed by atoms with Crippen molar-refractivity contribution in [1.82, 2.24) is 14.8 Å². The van der Waals surface area contributed by atoms with Crippen molar-refractivity contribution in [3.05, 3.63) is 77.2 Å². The molecule has 41 heavy (non-hydrogen) atoms. The number of fused-ring (bicyclic) bond motifs is 1. The minimum Gasteiger partial charge on any atom is -0.495 e. The first-order valence-electron chi connectivity index (χ1n) is 13.3. The SMILES string of the molecule is COc1c(-c2ccc(C(F)(F)F)cc2C)ccc2c1cnn2C(CC(C)C)c1ccc(C(=O)CCCC(=O)O)nc1. The predicted molar refractivity (Wildman–Crippen MR) is 149 cm³/mol. The first kappa shape index (κ1) is 29.8. The molecule has 1 N–H and O–H groups in total. The van der Waals surface area contributed by atoms with Crippen molar-refractivity contribution in [2.24, 2.45) is 5.92 Å². The molecule has 2 aromatic heterocycles. The van der Waals surface area contributed by atoms with Gasteiger partial charge in [0.2, 0.25) is 0 Å². The Kier molecular flexibility index (Phi) is 8.80. The van der Waals surface area contributed by atoms with E-state index in [1.165, 1.54) is 13.2 Å². The van der Waals surface area contributed by atoms with E-state index in [0.717, 1.165) is 35.0 Å². The van der Waals surface area contributed by atoms with Crippen LogP contribution in [0.5, 0.6) is 5.75 Å². The lowest BCUT2D eigenvalue weighted by molar-refractivity contribution is -0.138. The van der Waals surface area contributed by atoms with Crippen molar-refractivity contribution < 1.29 is 32.6 Å². The number of carbonyl (C=O) groups is 2. The van der Waals surface area contributed by atoms with Crippen molar-refractivity contribution in [2.75, 3.05) is 7.11 Å². The Morgan fingerprint density at radius 1 is 1.02 bits per heavy atom. The second-order valence-corrected chi connectivity index (χ2v) is 10.5. The number of hydrogen-bond acceptors (Lipinski definition) is 5. The normalized spacial score (nSPS) is 12.6. The van der Waals surface area contributed by atoms with E-state index in [1.807, 2.05) is 22.9 Å².